The summed E-state index contributed by atoms with van der Waals surface area (Å²) >= 11 is 6.06. The van der Waals surface area contributed by atoms with Crippen molar-refractivity contribution in [1.29, 1.82) is 0 Å². The summed E-state index contributed by atoms with van der Waals surface area (Å²) in [4.78, 5) is 0. The van der Waals surface area contributed by atoms with Gasteiger partial charge in [-0.3, -0.25) is 0 Å². The van der Waals surface area contributed by atoms with E-state index in [0.29, 0.717) is 11.9 Å². The van der Waals surface area contributed by atoms with Crippen molar-refractivity contribution < 1.29 is 0 Å². The second-order valence-electron chi connectivity index (χ2n) is 5.44. The zero-order valence-electron chi connectivity index (χ0n) is 12.5. The summed E-state index contributed by atoms with van der Waals surface area (Å²) in [5.74, 6) is 0.660. The van der Waals surface area contributed by atoms with Crippen LogP contribution in [0.4, 0.5) is 0 Å². The van der Waals surface area contributed by atoms with E-state index in [0.717, 1.165) is 19.4 Å². The number of aryl methyl sites for hydroxylation is 1. The van der Waals surface area contributed by atoms with Gasteiger partial charge in [0.05, 0.1) is 0 Å². The van der Waals surface area contributed by atoms with E-state index < -0.39 is 0 Å². The van der Waals surface area contributed by atoms with Crippen molar-refractivity contribution in [1.82, 2.24) is 5.32 Å². The fraction of sp³-hybridized carbons (Fsp3) is 0.368. The summed E-state index contributed by atoms with van der Waals surface area (Å²) in [6.45, 7) is 1.04. The molecule has 1 atom stereocenters. The van der Waals surface area contributed by atoms with Gasteiger partial charge in [-0.1, -0.05) is 60.7 Å². The van der Waals surface area contributed by atoms with E-state index in [1.54, 1.807) is 0 Å². The number of rotatable bonds is 9. The molecule has 0 spiro atoms. The minimum atomic E-state index is 0.366. The standard InChI is InChI=1S/C19H24ClN/c20-16-19(15-18-12-5-2-6-13-18)21-14-8-7-11-17-9-3-1-4-10-17/h1-6,9-10,12-13,19,21H,7-8,11,14-16H2. The maximum atomic E-state index is 6.06. The van der Waals surface area contributed by atoms with Gasteiger partial charge in [0, 0.05) is 11.9 Å². The minimum absolute atomic E-state index is 0.366. The number of hydrogen-bond acceptors (Lipinski definition) is 1. The van der Waals surface area contributed by atoms with Crippen LogP contribution < -0.4 is 5.32 Å². The Hall–Kier alpha value is -1.31. The van der Waals surface area contributed by atoms with Gasteiger partial charge in [-0.25, -0.2) is 0 Å². The molecule has 0 saturated carbocycles. The van der Waals surface area contributed by atoms with Crippen LogP contribution in [0.25, 0.3) is 0 Å². The number of benzene rings is 2. The van der Waals surface area contributed by atoms with Gasteiger partial charge in [0.15, 0.2) is 0 Å². The Labute approximate surface area is 133 Å². The number of halogens is 1. The molecule has 2 rings (SSSR count). The molecular formula is C19H24ClN. The highest BCUT2D eigenvalue weighted by atomic mass is 35.5. The average molecular weight is 302 g/mol. The summed E-state index contributed by atoms with van der Waals surface area (Å²) in [5, 5.41) is 3.57. The lowest BCUT2D eigenvalue weighted by molar-refractivity contribution is 0.529. The third-order valence-corrected chi connectivity index (χ3v) is 4.05. The number of unbranched alkanes of at least 4 members (excludes halogenated alkanes) is 1. The molecule has 2 heteroatoms. The Kier molecular flexibility index (Phi) is 7.34. The largest absolute Gasteiger partial charge is 0.312 e. The summed E-state index contributed by atoms with van der Waals surface area (Å²) < 4.78 is 0. The molecule has 2 aromatic carbocycles. The first kappa shape index (κ1) is 16.1. The van der Waals surface area contributed by atoms with Gasteiger partial charge in [-0.2, -0.15) is 0 Å². The first-order valence-electron chi connectivity index (χ1n) is 7.75. The van der Waals surface area contributed by atoms with Crippen molar-refractivity contribution in [2.75, 3.05) is 12.4 Å². The minimum Gasteiger partial charge on any atom is -0.312 e. The molecule has 0 aliphatic carbocycles. The van der Waals surface area contributed by atoms with Gasteiger partial charge in [-0.05, 0) is 43.4 Å². The quantitative estimate of drug-likeness (QED) is 0.533. The van der Waals surface area contributed by atoms with E-state index in [1.807, 2.05) is 0 Å². The van der Waals surface area contributed by atoms with Crippen LogP contribution in [0.1, 0.15) is 24.0 Å². The molecule has 112 valence electrons. The lowest BCUT2D eigenvalue weighted by atomic mass is 10.1. The Morgan fingerprint density at radius 1 is 0.810 bits per heavy atom. The molecule has 0 heterocycles. The predicted octanol–water partition coefficient (Wildman–Crippen LogP) is 4.45. The molecule has 0 aliphatic rings. The van der Waals surface area contributed by atoms with Crippen LogP contribution in [0.2, 0.25) is 0 Å². The second kappa shape index (κ2) is 9.59. The number of hydrogen-bond donors (Lipinski definition) is 1. The summed E-state index contributed by atoms with van der Waals surface area (Å²) in [6.07, 6.45) is 4.57. The molecule has 21 heavy (non-hydrogen) atoms. The van der Waals surface area contributed by atoms with E-state index in [9.17, 15) is 0 Å². The van der Waals surface area contributed by atoms with Crippen molar-refractivity contribution in [3.8, 4) is 0 Å². The highest BCUT2D eigenvalue weighted by Crippen LogP contribution is 2.06. The van der Waals surface area contributed by atoms with E-state index in [4.69, 9.17) is 11.6 Å². The van der Waals surface area contributed by atoms with Crippen molar-refractivity contribution in [3.05, 3.63) is 71.8 Å². The maximum absolute atomic E-state index is 6.06. The van der Waals surface area contributed by atoms with Crippen LogP contribution in [0.5, 0.6) is 0 Å². The Morgan fingerprint density at radius 3 is 2.05 bits per heavy atom. The molecule has 0 aromatic heterocycles. The molecule has 1 nitrogen and oxygen atoms in total. The van der Waals surface area contributed by atoms with E-state index in [2.05, 4.69) is 66.0 Å². The first-order valence-corrected chi connectivity index (χ1v) is 8.29. The first-order chi connectivity index (χ1) is 10.4. The van der Waals surface area contributed by atoms with Crippen LogP contribution in [-0.2, 0) is 12.8 Å². The third kappa shape index (κ3) is 6.33. The van der Waals surface area contributed by atoms with Crippen molar-refractivity contribution >= 4 is 11.6 Å². The van der Waals surface area contributed by atoms with E-state index in [1.165, 1.54) is 24.0 Å². The van der Waals surface area contributed by atoms with Gasteiger partial charge in [0.1, 0.15) is 0 Å². The number of alkyl halides is 1. The highest BCUT2D eigenvalue weighted by molar-refractivity contribution is 6.18. The summed E-state index contributed by atoms with van der Waals surface area (Å²) in [7, 11) is 0. The third-order valence-electron chi connectivity index (χ3n) is 3.68. The van der Waals surface area contributed by atoms with Crippen LogP contribution in [0.3, 0.4) is 0 Å². The van der Waals surface area contributed by atoms with E-state index in [-0.39, 0.29) is 0 Å². The lowest BCUT2D eigenvalue weighted by Gasteiger charge is -2.16. The zero-order valence-corrected chi connectivity index (χ0v) is 13.2. The lowest BCUT2D eigenvalue weighted by Crippen LogP contribution is -2.33. The van der Waals surface area contributed by atoms with E-state index >= 15 is 0 Å². The highest BCUT2D eigenvalue weighted by Gasteiger charge is 2.07. The monoisotopic (exact) mass is 301 g/mol. The molecule has 2 aromatic rings. The molecule has 0 bridgehead atoms. The number of nitrogens with one attached hydrogen (secondary N) is 1. The van der Waals surface area contributed by atoms with Crippen molar-refractivity contribution in [2.45, 2.75) is 31.7 Å². The van der Waals surface area contributed by atoms with Gasteiger partial charge >= 0.3 is 0 Å². The van der Waals surface area contributed by atoms with Crippen LogP contribution in [0.15, 0.2) is 60.7 Å². The Balaban J connectivity index is 1.62. The molecule has 0 radical (unpaired) electrons. The van der Waals surface area contributed by atoms with Crippen LogP contribution >= 0.6 is 11.6 Å². The van der Waals surface area contributed by atoms with Crippen molar-refractivity contribution in [2.24, 2.45) is 0 Å². The fourth-order valence-electron chi connectivity index (χ4n) is 2.48. The molecule has 0 fully saturated rings. The zero-order chi connectivity index (χ0) is 14.8. The molecule has 0 amide bonds. The normalized spacial score (nSPS) is 12.2. The molecular weight excluding hydrogens is 278 g/mol. The average Bonchev–Trinajstić information content (AvgIpc) is 2.55. The Bertz CT molecular complexity index is 483. The van der Waals surface area contributed by atoms with Crippen molar-refractivity contribution in [3.63, 3.8) is 0 Å². The molecule has 1 unspecified atom stereocenters. The van der Waals surface area contributed by atoms with Crippen LogP contribution in [-0.4, -0.2) is 18.5 Å². The van der Waals surface area contributed by atoms with Gasteiger partial charge in [0.25, 0.3) is 0 Å². The Morgan fingerprint density at radius 2 is 1.43 bits per heavy atom. The van der Waals surface area contributed by atoms with Gasteiger partial charge < -0.3 is 5.32 Å². The second-order valence-corrected chi connectivity index (χ2v) is 5.75. The maximum Gasteiger partial charge on any atom is 0.0380 e. The smallest absolute Gasteiger partial charge is 0.0380 e. The van der Waals surface area contributed by atoms with Gasteiger partial charge in [-0.15, -0.1) is 11.6 Å². The fourth-order valence-corrected chi connectivity index (χ4v) is 2.70. The summed E-state index contributed by atoms with van der Waals surface area (Å²) in [6, 6.07) is 21.6. The summed E-state index contributed by atoms with van der Waals surface area (Å²) in [5.41, 5.74) is 2.77. The van der Waals surface area contributed by atoms with Gasteiger partial charge in [0.2, 0.25) is 0 Å². The molecule has 0 aliphatic heterocycles. The molecule has 0 saturated heterocycles. The SMILES string of the molecule is ClCC(Cc1ccccc1)NCCCCc1ccccc1. The van der Waals surface area contributed by atoms with Crippen LogP contribution in [0, 0.1) is 0 Å². The molecule has 1 N–H and O–H groups in total. The predicted molar refractivity (Wildman–Crippen MR) is 92.0 cm³/mol. The topological polar surface area (TPSA) is 12.0 Å².